The normalized spacial score (nSPS) is 23.6. The molecular weight excluding hydrogens is 520 g/mol. The third-order valence-corrected chi connectivity index (χ3v) is 7.32. The number of nitrogen functional groups attached to an aromatic ring is 1. The van der Waals surface area contributed by atoms with E-state index in [4.69, 9.17) is 5.73 Å². The largest absolute Gasteiger partial charge is 0.394 e. The second-order valence-electron chi connectivity index (χ2n) is 9.89. The summed E-state index contributed by atoms with van der Waals surface area (Å²) in [6.45, 7) is -0.346. The van der Waals surface area contributed by atoms with Gasteiger partial charge in [0, 0.05) is 0 Å². The molecule has 1 saturated carbocycles. The van der Waals surface area contributed by atoms with Crippen LogP contribution in [0.5, 0.6) is 0 Å². The van der Waals surface area contributed by atoms with Gasteiger partial charge in [-0.05, 0) is 18.4 Å². The molecule has 0 radical (unpaired) electrons. The van der Waals surface area contributed by atoms with E-state index in [1.807, 2.05) is 30.3 Å². The number of imidazole rings is 2. The van der Waals surface area contributed by atoms with Gasteiger partial charge in [-0.1, -0.05) is 30.3 Å². The number of rotatable bonds is 8. The van der Waals surface area contributed by atoms with Crippen LogP contribution in [0.15, 0.2) is 49.2 Å². The zero-order valence-electron chi connectivity index (χ0n) is 21.2. The van der Waals surface area contributed by atoms with Gasteiger partial charge in [-0.2, -0.15) is 9.97 Å². The molecule has 2 aliphatic rings. The van der Waals surface area contributed by atoms with Crippen molar-refractivity contribution in [2.75, 3.05) is 24.2 Å². The second-order valence-corrected chi connectivity index (χ2v) is 9.89. The molecule has 1 aromatic carbocycles. The smallest absolute Gasteiger partial charge is 0.324 e. The fourth-order valence-corrected chi connectivity index (χ4v) is 5.35. The van der Waals surface area contributed by atoms with Crippen LogP contribution in [0.4, 0.5) is 16.4 Å². The molecule has 4 aromatic rings. The van der Waals surface area contributed by atoms with E-state index in [0.717, 1.165) is 10.5 Å². The van der Waals surface area contributed by atoms with Crippen molar-refractivity contribution >= 4 is 34.7 Å². The molecule has 15 heteroatoms. The van der Waals surface area contributed by atoms with Crippen molar-refractivity contribution in [1.82, 2.24) is 39.3 Å². The summed E-state index contributed by atoms with van der Waals surface area (Å²) in [6, 6.07) is 6.98. The van der Waals surface area contributed by atoms with Crippen LogP contribution in [0.1, 0.15) is 18.0 Å². The number of nitrogens with two attached hydrogens (primary N) is 1. The van der Waals surface area contributed by atoms with Gasteiger partial charge in [-0.15, -0.1) is 0 Å². The third kappa shape index (κ3) is 4.49. The molecular formula is C25H28N10O5. The van der Waals surface area contributed by atoms with E-state index in [2.05, 4.69) is 30.6 Å². The number of benzene rings is 1. The van der Waals surface area contributed by atoms with Crippen LogP contribution >= 0.6 is 0 Å². The highest BCUT2D eigenvalue weighted by molar-refractivity contribution is 6.02. The lowest BCUT2D eigenvalue weighted by Crippen LogP contribution is -2.46. The fraction of sp³-hybridized carbons (Fsp3) is 0.360. The Morgan fingerprint density at radius 2 is 1.85 bits per heavy atom. The number of aliphatic hydroxyl groups excluding tert-OH is 3. The highest BCUT2D eigenvalue weighted by atomic mass is 16.3. The Bertz CT molecular complexity index is 1540. The van der Waals surface area contributed by atoms with Crippen LogP contribution < -0.4 is 16.4 Å². The molecule has 5 atom stereocenters. The maximum atomic E-state index is 12.3. The van der Waals surface area contributed by atoms with Crippen LogP contribution in [-0.4, -0.2) is 98.7 Å². The van der Waals surface area contributed by atoms with Crippen molar-refractivity contribution < 1.29 is 24.9 Å². The highest BCUT2D eigenvalue weighted by Gasteiger charge is 2.50. The van der Waals surface area contributed by atoms with E-state index in [0.29, 0.717) is 23.4 Å². The molecule has 3 aromatic heterocycles. The van der Waals surface area contributed by atoms with Gasteiger partial charge in [0.15, 0.2) is 17.0 Å². The highest BCUT2D eigenvalue weighted by Crippen LogP contribution is 2.37. The van der Waals surface area contributed by atoms with Crippen LogP contribution in [0.2, 0.25) is 0 Å². The fourth-order valence-electron chi connectivity index (χ4n) is 5.35. The Morgan fingerprint density at radius 3 is 2.52 bits per heavy atom. The average molecular weight is 549 g/mol. The van der Waals surface area contributed by atoms with Gasteiger partial charge < -0.3 is 36.3 Å². The minimum Gasteiger partial charge on any atom is -0.394 e. The first kappa shape index (κ1) is 25.7. The Hall–Kier alpha value is -4.60. The van der Waals surface area contributed by atoms with Crippen molar-refractivity contribution in [3.8, 4) is 5.95 Å². The molecule has 40 heavy (non-hydrogen) atoms. The quantitative estimate of drug-likeness (QED) is 0.150. The molecule has 15 nitrogen and oxygen atoms in total. The zero-order chi connectivity index (χ0) is 28.0. The predicted octanol–water partition coefficient (Wildman–Crippen LogP) is -0.803. The molecule has 0 bridgehead atoms. The number of carbonyl (C=O) groups is 2. The molecule has 208 valence electrons. The maximum absolute atomic E-state index is 12.3. The molecule has 2 fully saturated rings. The molecule has 4 heterocycles. The number of fused-ring (bicyclic) bond motifs is 1. The molecule has 0 unspecified atom stereocenters. The standard InChI is InChI=1S/C25H28N10O5/c26-17-9-33(11-28-17)24-31-22(30-14(10-36)6-13-4-2-1-3-5-13)19-23(32-24)34(12-29-19)15-7-16(21(39)20(15)38)35-18(37)8-27-25(35)40/h1-5,9,11-12,14-16,20-21,36,38-39H,6-8,10,26H2,(H,27,40)(H,30,31,32)/t14-,15+,16-,20-,21+/m0/s1. The summed E-state index contributed by atoms with van der Waals surface area (Å²) in [5.41, 5.74) is 7.52. The number of aliphatic hydroxyl groups is 3. The Balaban J connectivity index is 1.39. The van der Waals surface area contributed by atoms with Crippen LogP contribution in [-0.2, 0) is 11.2 Å². The molecule has 1 aliphatic carbocycles. The van der Waals surface area contributed by atoms with Crippen molar-refractivity contribution in [1.29, 1.82) is 0 Å². The van der Waals surface area contributed by atoms with Crippen LogP contribution in [0.3, 0.4) is 0 Å². The number of hydrogen-bond donors (Lipinski definition) is 6. The first-order valence-electron chi connectivity index (χ1n) is 12.8. The number of anilines is 2. The lowest BCUT2D eigenvalue weighted by Gasteiger charge is -2.23. The van der Waals surface area contributed by atoms with Crippen molar-refractivity contribution in [2.24, 2.45) is 0 Å². The summed E-state index contributed by atoms with van der Waals surface area (Å²) in [6.07, 6.45) is 2.38. The van der Waals surface area contributed by atoms with E-state index >= 15 is 0 Å². The van der Waals surface area contributed by atoms with Gasteiger partial charge >= 0.3 is 6.03 Å². The number of imide groups is 1. The summed E-state index contributed by atoms with van der Waals surface area (Å²) in [5, 5.41) is 37.7. The second kappa shape index (κ2) is 10.2. The number of urea groups is 1. The van der Waals surface area contributed by atoms with Gasteiger partial charge in [0.2, 0.25) is 11.9 Å². The monoisotopic (exact) mass is 548 g/mol. The van der Waals surface area contributed by atoms with E-state index in [1.165, 1.54) is 17.2 Å². The third-order valence-electron chi connectivity index (χ3n) is 7.32. The lowest BCUT2D eigenvalue weighted by atomic mass is 10.1. The summed E-state index contributed by atoms with van der Waals surface area (Å²) < 4.78 is 3.13. The summed E-state index contributed by atoms with van der Waals surface area (Å²) in [4.78, 5) is 43.3. The van der Waals surface area contributed by atoms with Gasteiger partial charge in [0.25, 0.3) is 0 Å². The minimum atomic E-state index is -1.37. The number of amides is 3. The number of carbonyl (C=O) groups excluding carboxylic acids is 2. The Kier molecular flexibility index (Phi) is 6.53. The molecule has 0 spiro atoms. The minimum absolute atomic E-state index is 0.0837. The lowest BCUT2D eigenvalue weighted by molar-refractivity contribution is -0.128. The van der Waals surface area contributed by atoms with E-state index < -0.39 is 42.3 Å². The molecule has 1 aliphatic heterocycles. The number of nitrogens with zero attached hydrogens (tertiary/aromatic N) is 7. The maximum Gasteiger partial charge on any atom is 0.324 e. The predicted molar refractivity (Wildman–Crippen MR) is 141 cm³/mol. The molecule has 3 amide bonds. The Labute approximate surface area is 227 Å². The van der Waals surface area contributed by atoms with E-state index in [1.54, 1.807) is 10.8 Å². The summed E-state index contributed by atoms with van der Waals surface area (Å²) >= 11 is 0. The summed E-state index contributed by atoms with van der Waals surface area (Å²) in [5.74, 6) is 0.324. The van der Waals surface area contributed by atoms with Gasteiger partial charge in [-0.25, -0.2) is 14.8 Å². The molecule has 1 saturated heterocycles. The Morgan fingerprint density at radius 1 is 1.07 bits per heavy atom. The van der Waals surface area contributed by atoms with Gasteiger partial charge in [-0.3, -0.25) is 14.3 Å². The topological polar surface area (TPSA) is 210 Å². The first-order chi connectivity index (χ1) is 19.3. The van der Waals surface area contributed by atoms with E-state index in [9.17, 15) is 24.9 Å². The first-order valence-corrected chi connectivity index (χ1v) is 12.8. The van der Waals surface area contributed by atoms with E-state index in [-0.39, 0.29) is 31.3 Å². The summed E-state index contributed by atoms with van der Waals surface area (Å²) in [7, 11) is 0. The van der Waals surface area contributed by atoms with Gasteiger partial charge in [0.1, 0.15) is 24.4 Å². The van der Waals surface area contributed by atoms with Crippen LogP contribution in [0.25, 0.3) is 17.1 Å². The molecule has 7 N–H and O–H groups in total. The SMILES string of the molecule is Nc1cn(-c2nc(N[C@H](CO)Cc3ccccc3)c3ncn([C@@H]4C[C@H](N5C(=O)CNC5=O)[C@@H](O)[C@H]4O)c3n2)cn1. The van der Waals surface area contributed by atoms with Crippen molar-refractivity contribution in [3.05, 3.63) is 54.7 Å². The van der Waals surface area contributed by atoms with Crippen molar-refractivity contribution in [2.45, 2.75) is 43.2 Å². The van der Waals surface area contributed by atoms with Gasteiger partial charge in [0.05, 0.1) is 43.8 Å². The number of nitrogens with one attached hydrogen (secondary N) is 2. The van der Waals surface area contributed by atoms with Crippen molar-refractivity contribution in [3.63, 3.8) is 0 Å². The number of aromatic nitrogens is 6. The number of hydrogen-bond acceptors (Lipinski definition) is 11. The van der Waals surface area contributed by atoms with Crippen LogP contribution in [0, 0.1) is 0 Å². The zero-order valence-corrected chi connectivity index (χ0v) is 21.2. The molecule has 6 rings (SSSR count). The average Bonchev–Trinajstić information content (AvgIpc) is 3.72.